The third-order valence-electron chi connectivity index (χ3n) is 2.81. The lowest BCUT2D eigenvalue weighted by atomic mass is 10.1. The number of sulfone groups is 1. The fourth-order valence-electron chi connectivity index (χ4n) is 1.35. The summed E-state index contributed by atoms with van der Waals surface area (Å²) in [5, 5.41) is -5.60. The summed E-state index contributed by atoms with van der Waals surface area (Å²) in [6.45, 7) is -0.516. The smallest absolute Gasteiger partial charge is 0.370 e. The molecular formula is C10H15F6NO3S. The summed E-state index contributed by atoms with van der Waals surface area (Å²) in [7, 11) is -5.65. The molecule has 0 saturated heterocycles. The van der Waals surface area contributed by atoms with Gasteiger partial charge in [0.1, 0.15) is 0 Å². The monoisotopic (exact) mass is 343 g/mol. The maximum Gasteiger partial charge on any atom is 0.429 e. The Kier molecular flexibility index (Phi) is 6.10. The summed E-state index contributed by atoms with van der Waals surface area (Å²) in [6.07, 6.45) is -6.50. The zero-order valence-electron chi connectivity index (χ0n) is 11.0. The van der Waals surface area contributed by atoms with Gasteiger partial charge in [-0.3, -0.25) is 4.79 Å². The molecule has 0 aliphatic carbocycles. The van der Waals surface area contributed by atoms with Crippen LogP contribution in [0.15, 0.2) is 0 Å². The zero-order valence-corrected chi connectivity index (χ0v) is 11.8. The number of nitrogens with two attached hydrogens (primary N) is 1. The summed E-state index contributed by atoms with van der Waals surface area (Å²) in [5.74, 6) is -2.01. The molecule has 1 unspecified atom stereocenters. The zero-order chi connectivity index (χ0) is 17.1. The Bertz CT molecular complexity index is 472. The SMILES string of the molecule is CC(F)(C(F)(F)F)C(F)(F)S(=O)(=O)CCCCCC(N)=O. The van der Waals surface area contributed by atoms with Gasteiger partial charge >= 0.3 is 11.4 Å². The Morgan fingerprint density at radius 2 is 1.48 bits per heavy atom. The Labute approximate surface area is 117 Å². The topological polar surface area (TPSA) is 77.2 Å². The fourth-order valence-corrected chi connectivity index (χ4v) is 2.89. The van der Waals surface area contributed by atoms with Crippen molar-refractivity contribution in [3.8, 4) is 0 Å². The molecule has 0 aliphatic rings. The van der Waals surface area contributed by atoms with Crippen LogP contribution < -0.4 is 5.73 Å². The van der Waals surface area contributed by atoms with Crippen molar-refractivity contribution < 1.29 is 39.6 Å². The number of carbonyl (C=O) groups is 1. The minimum atomic E-state index is -6.03. The van der Waals surface area contributed by atoms with E-state index in [0.717, 1.165) is 0 Å². The minimum Gasteiger partial charge on any atom is -0.370 e. The fraction of sp³-hybridized carbons (Fsp3) is 0.900. The van der Waals surface area contributed by atoms with Gasteiger partial charge in [0.05, 0.1) is 5.75 Å². The van der Waals surface area contributed by atoms with Crippen LogP contribution in [0.25, 0.3) is 0 Å². The standard InChI is InChI=1S/C10H15F6NO3S/c1-8(11,9(12,13)14)10(15,16)21(19,20)6-4-2-3-5-7(17)18/h2-6H2,1H3,(H2,17,18). The first kappa shape index (κ1) is 20.0. The van der Waals surface area contributed by atoms with Crippen molar-refractivity contribution in [2.24, 2.45) is 5.73 Å². The number of alkyl halides is 6. The maximum absolute atomic E-state index is 13.4. The van der Waals surface area contributed by atoms with Crippen molar-refractivity contribution >= 4 is 15.7 Å². The average Bonchev–Trinajstić information content (AvgIpc) is 2.25. The quantitative estimate of drug-likeness (QED) is 0.543. The van der Waals surface area contributed by atoms with Gasteiger partial charge in [-0.1, -0.05) is 6.42 Å². The van der Waals surface area contributed by atoms with Crippen LogP contribution in [0.5, 0.6) is 0 Å². The second-order valence-electron chi connectivity index (χ2n) is 4.61. The molecule has 21 heavy (non-hydrogen) atoms. The predicted octanol–water partition coefficient (Wildman–Crippen LogP) is 2.33. The number of primary amides is 1. The molecule has 0 aromatic heterocycles. The van der Waals surface area contributed by atoms with Crippen LogP contribution in [0.3, 0.4) is 0 Å². The predicted molar refractivity (Wildman–Crippen MR) is 62.0 cm³/mol. The summed E-state index contributed by atoms with van der Waals surface area (Å²) in [4.78, 5) is 10.4. The van der Waals surface area contributed by atoms with E-state index in [2.05, 4.69) is 0 Å². The molecule has 4 nitrogen and oxygen atoms in total. The highest BCUT2D eigenvalue weighted by Crippen LogP contribution is 2.48. The van der Waals surface area contributed by atoms with Gasteiger partial charge in [0.15, 0.2) is 0 Å². The molecule has 0 aromatic carbocycles. The normalized spacial score (nSPS) is 16.5. The first-order valence-electron chi connectivity index (χ1n) is 5.81. The highest BCUT2D eigenvalue weighted by atomic mass is 32.2. The van der Waals surface area contributed by atoms with Crippen molar-refractivity contribution in [2.75, 3.05) is 5.75 Å². The number of hydrogen-bond donors (Lipinski definition) is 1. The molecule has 0 spiro atoms. The third-order valence-corrected chi connectivity index (χ3v) is 4.80. The third kappa shape index (κ3) is 4.48. The molecule has 0 radical (unpaired) electrons. The van der Waals surface area contributed by atoms with Gasteiger partial charge in [0.2, 0.25) is 15.7 Å². The lowest BCUT2D eigenvalue weighted by Crippen LogP contribution is -2.57. The molecule has 0 aromatic rings. The highest BCUT2D eigenvalue weighted by Gasteiger charge is 2.73. The number of unbranched alkanes of at least 4 members (excludes halogenated alkanes) is 2. The van der Waals surface area contributed by atoms with E-state index in [1.807, 2.05) is 0 Å². The Morgan fingerprint density at radius 1 is 1.00 bits per heavy atom. The van der Waals surface area contributed by atoms with E-state index in [4.69, 9.17) is 5.73 Å². The van der Waals surface area contributed by atoms with Crippen LogP contribution in [0.4, 0.5) is 26.3 Å². The van der Waals surface area contributed by atoms with Gasteiger partial charge in [-0.2, -0.15) is 22.0 Å². The van der Waals surface area contributed by atoms with Crippen molar-refractivity contribution in [1.29, 1.82) is 0 Å². The van der Waals surface area contributed by atoms with Crippen LogP contribution in [-0.4, -0.2) is 37.2 Å². The first-order valence-corrected chi connectivity index (χ1v) is 7.46. The molecule has 1 amide bonds. The molecule has 0 fully saturated rings. The lowest BCUT2D eigenvalue weighted by molar-refractivity contribution is -0.271. The molecule has 0 saturated carbocycles. The van der Waals surface area contributed by atoms with E-state index in [1.54, 1.807) is 0 Å². The van der Waals surface area contributed by atoms with E-state index in [9.17, 15) is 39.6 Å². The minimum absolute atomic E-state index is 0.0206. The molecule has 1 atom stereocenters. The van der Waals surface area contributed by atoms with Crippen LogP contribution in [0.2, 0.25) is 0 Å². The van der Waals surface area contributed by atoms with Crippen molar-refractivity contribution in [3.05, 3.63) is 0 Å². The number of halogens is 6. The number of rotatable bonds is 8. The molecule has 0 aliphatic heterocycles. The van der Waals surface area contributed by atoms with Gasteiger partial charge in [0, 0.05) is 6.42 Å². The van der Waals surface area contributed by atoms with Crippen LogP contribution in [-0.2, 0) is 14.6 Å². The van der Waals surface area contributed by atoms with Crippen LogP contribution >= 0.6 is 0 Å². The second kappa shape index (κ2) is 6.41. The van der Waals surface area contributed by atoms with E-state index in [1.165, 1.54) is 0 Å². The molecule has 126 valence electrons. The lowest BCUT2D eigenvalue weighted by Gasteiger charge is -2.31. The van der Waals surface area contributed by atoms with Crippen LogP contribution in [0, 0.1) is 0 Å². The Morgan fingerprint density at radius 3 is 1.86 bits per heavy atom. The van der Waals surface area contributed by atoms with Gasteiger partial charge < -0.3 is 5.73 Å². The number of carbonyl (C=O) groups excluding carboxylic acids is 1. The molecular weight excluding hydrogens is 328 g/mol. The van der Waals surface area contributed by atoms with Gasteiger partial charge in [-0.05, 0) is 19.8 Å². The van der Waals surface area contributed by atoms with E-state index in [-0.39, 0.29) is 19.3 Å². The van der Waals surface area contributed by atoms with Gasteiger partial charge in [0.25, 0.3) is 5.67 Å². The van der Waals surface area contributed by atoms with Crippen molar-refractivity contribution in [2.45, 2.75) is 49.7 Å². The van der Waals surface area contributed by atoms with Crippen molar-refractivity contribution in [3.63, 3.8) is 0 Å². The summed E-state index contributed by atoms with van der Waals surface area (Å²) < 4.78 is 99.1. The average molecular weight is 343 g/mol. The van der Waals surface area contributed by atoms with Crippen molar-refractivity contribution in [1.82, 2.24) is 0 Å². The van der Waals surface area contributed by atoms with Gasteiger partial charge in [-0.15, -0.1) is 0 Å². The van der Waals surface area contributed by atoms with E-state index < -0.39 is 51.9 Å². The molecule has 0 rings (SSSR count). The molecule has 11 heteroatoms. The largest absolute Gasteiger partial charge is 0.429 e. The Balaban J connectivity index is 4.87. The Hall–Kier alpha value is -1.00. The number of hydrogen-bond acceptors (Lipinski definition) is 3. The second-order valence-corrected chi connectivity index (χ2v) is 6.76. The molecule has 0 bridgehead atoms. The first-order chi connectivity index (χ1) is 9.17. The van der Waals surface area contributed by atoms with E-state index in [0.29, 0.717) is 0 Å². The highest BCUT2D eigenvalue weighted by molar-refractivity contribution is 7.92. The molecule has 2 N–H and O–H groups in total. The summed E-state index contributed by atoms with van der Waals surface area (Å²) in [5.41, 5.74) is -0.406. The number of amides is 1. The molecule has 0 heterocycles. The van der Waals surface area contributed by atoms with E-state index >= 15 is 0 Å². The van der Waals surface area contributed by atoms with Gasteiger partial charge in [-0.25, -0.2) is 12.8 Å². The van der Waals surface area contributed by atoms with Crippen LogP contribution in [0.1, 0.15) is 32.6 Å². The summed E-state index contributed by atoms with van der Waals surface area (Å²) >= 11 is 0. The summed E-state index contributed by atoms with van der Waals surface area (Å²) in [6, 6.07) is 0. The maximum atomic E-state index is 13.4.